The number of anilines is 1. The zero-order valence-electron chi connectivity index (χ0n) is 25.5. The number of nitrogens with zero attached hydrogens (tertiary/aromatic N) is 1. The number of nitrogens with one attached hydrogen (secondary N) is 3. The monoisotopic (exact) mass is 580 g/mol. The fraction of sp³-hybridized carbons (Fsp3) is 0.576. The third-order valence-electron chi connectivity index (χ3n) is 8.73. The summed E-state index contributed by atoms with van der Waals surface area (Å²) in [4.78, 5) is 28.8. The Labute approximate surface area is 250 Å². The van der Waals surface area contributed by atoms with Crippen LogP contribution in [0.4, 0.5) is 5.69 Å². The Bertz CT molecular complexity index is 1200. The molecule has 4 rings (SSSR count). The average Bonchev–Trinajstić information content (AvgIpc) is 2.98. The highest BCUT2D eigenvalue weighted by molar-refractivity contribution is 5.99. The molecule has 0 aromatic heterocycles. The summed E-state index contributed by atoms with van der Waals surface area (Å²) < 4.78 is 5.63. The van der Waals surface area contributed by atoms with Crippen LogP contribution in [0.5, 0.6) is 0 Å². The third-order valence-corrected chi connectivity index (χ3v) is 8.73. The molecule has 0 spiro atoms. The Kier molecular flexibility index (Phi) is 11.4. The largest absolute Gasteiger partial charge is 0.394 e. The van der Waals surface area contributed by atoms with Crippen LogP contribution in [0, 0.1) is 18.8 Å². The van der Waals surface area contributed by atoms with Crippen LogP contribution in [-0.2, 0) is 16.1 Å². The summed E-state index contributed by atoms with van der Waals surface area (Å²) in [7, 11) is 0. The lowest BCUT2D eigenvalue weighted by atomic mass is 9.84. The fourth-order valence-corrected chi connectivity index (χ4v) is 6.27. The summed E-state index contributed by atoms with van der Waals surface area (Å²) in [5, 5.41) is 27.9. The van der Waals surface area contributed by atoms with Crippen LogP contribution in [0.15, 0.2) is 36.4 Å². The zero-order valence-corrected chi connectivity index (χ0v) is 25.5. The van der Waals surface area contributed by atoms with Crippen molar-refractivity contribution < 1.29 is 24.5 Å². The van der Waals surface area contributed by atoms with Crippen molar-refractivity contribution in [2.45, 2.75) is 71.7 Å². The summed E-state index contributed by atoms with van der Waals surface area (Å²) in [6.07, 6.45) is 2.00. The molecule has 9 nitrogen and oxygen atoms in total. The molecule has 2 aliphatic rings. The molecule has 42 heavy (non-hydrogen) atoms. The highest BCUT2D eigenvalue weighted by atomic mass is 16.5. The zero-order chi connectivity index (χ0) is 30.2. The lowest BCUT2D eigenvalue weighted by Gasteiger charge is -2.37. The smallest absolute Gasteiger partial charge is 0.251 e. The molecule has 2 saturated heterocycles. The maximum Gasteiger partial charge on any atom is 0.251 e. The molecular formula is C33H48N4O5. The molecule has 9 heteroatoms. The maximum atomic E-state index is 13.7. The van der Waals surface area contributed by atoms with Crippen molar-refractivity contribution in [3.8, 4) is 11.1 Å². The first-order chi connectivity index (χ1) is 20.2. The van der Waals surface area contributed by atoms with Gasteiger partial charge in [-0.05, 0) is 80.3 Å². The standard InChI is InChI=1S/C33H48N4O5/c1-5-37(27-10-12-42-13-11-27)31-16-26(25-8-6-24(7-9-25)17-34-18-28(39)20-38)15-29(23(31)4)32(40)35-19-30-21(2)14-22(3)36-33(30)41/h6-9,15-16,21-22,27-28,30,34,38-39H,5,10-14,17-20H2,1-4H3,(H,35,40)(H,36,41)/t21?,22?,28-,30?/m1/s1. The molecule has 0 bridgehead atoms. The Balaban J connectivity index is 1.61. The minimum absolute atomic E-state index is 0.00448. The predicted molar refractivity (Wildman–Crippen MR) is 165 cm³/mol. The number of hydrogen-bond donors (Lipinski definition) is 5. The Hall–Kier alpha value is -2.98. The number of carbonyl (C=O) groups is 2. The maximum absolute atomic E-state index is 13.7. The van der Waals surface area contributed by atoms with Gasteiger partial charge >= 0.3 is 0 Å². The van der Waals surface area contributed by atoms with E-state index in [1.54, 1.807) is 0 Å². The third kappa shape index (κ3) is 7.89. The van der Waals surface area contributed by atoms with Crippen molar-refractivity contribution in [2.75, 3.05) is 44.4 Å². The molecule has 2 heterocycles. The van der Waals surface area contributed by atoms with Gasteiger partial charge in [0, 0.05) is 62.7 Å². The van der Waals surface area contributed by atoms with E-state index in [0.717, 1.165) is 67.0 Å². The number of aliphatic hydroxyl groups excluding tert-OH is 2. The van der Waals surface area contributed by atoms with Gasteiger partial charge in [0.25, 0.3) is 5.91 Å². The van der Waals surface area contributed by atoms with E-state index in [0.29, 0.717) is 31.2 Å². The number of amides is 2. The molecule has 0 saturated carbocycles. The van der Waals surface area contributed by atoms with E-state index in [-0.39, 0.29) is 36.3 Å². The molecule has 2 fully saturated rings. The molecule has 2 aliphatic heterocycles. The van der Waals surface area contributed by atoms with Crippen molar-refractivity contribution in [3.63, 3.8) is 0 Å². The van der Waals surface area contributed by atoms with Crippen LogP contribution < -0.4 is 20.9 Å². The molecule has 0 radical (unpaired) electrons. The molecule has 2 aromatic carbocycles. The lowest BCUT2D eigenvalue weighted by molar-refractivity contribution is -0.129. The van der Waals surface area contributed by atoms with Crippen molar-refractivity contribution in [1.82, 2.24) is 16.0 Å². The van der Waals surface area contributed by atoms with Crippen LogP contribution in [0.25, 0.3) is 11.1 Å². The second-order valence-corrected chi connectivity index (χ2v) is 11.9. The number of piperidine rings is 1. The van der Waals surface area contributed by atoms with Gasteiger partial charge in [0.05, 0.1) is 18.6 Å². The molecule has 2 aromatic rings. The molecule has 4 atom stereocenters. The minimum Gasteiger partial charge on any atom is -0.394 e. The van der Waals surface area contributed by atoms with Crippen molar-refractivity contribution in [2.24, 2.45) is 11.8 Å². The lowest BCUT2D eigenvalue weighted by Crippen LogP contribution is -2.50. The molecular weight excluding hydrogens is 532 g/mol. The summed E-state index contributed by atoms with van der Waals surface area (Å²) >= 11 is 0. The van der Waals surface area contributed by atoms with E-state index < -0.39 is 6.10 Å². The Morgan fingerprint density at radius 3 is 2.50 bits per heavy atom. The van der Waals surface area contributed by atoms with Crippen molar-refractivity contribution in [1.29, 1.82) is 0 Å². The van der Waals surface area contributed by atoms with Gasteiger partial charge in [0.1, 0.15) is 0 Å². The SMILES string of the molecule is CCN(c1cc(-c2ccc(CNC[C@@H](O)CO)cc2)cc(C(=O)NCC2C(=O)NC(C)CC2C)c1C)C1CCOCC1. The summed E-state index contributed by atoms with van der Waals surface area (Å²) in [6.45, 7) is 11.5. The van der Waals surface area contributed by atoms with E-state index in [9.17, 15) is 14.7 Å². The Morgan fingerprint density at radius 1 is 1.14 bits per heavy atom. The number of carbonyl (C=O) groups excluding carboxylic acids is 2. The van der Waals surface area contributed by atoms with Gasteiger partial charge < -0.3 is 35.8 Å². The van der Waals surface area contributed by atoms with Gasteiger partial charge in [-0.15, -0.1) is 0 Å². The average molecular weight is 581 g/mol. The first-order valence-electron chi connectivity index (χ1n) is 15.4. The molecule has 230 valence electrons. The van der Waals surface area contributed by atoms with Gasteiger partial charge in [0.2, 0.25) is 5.91 Å². The number of rotatable bonds is 12. The van der Waals surface area contributed by atoms with Crippen molar-refractivity contribution >= 4 is 17.5 Å². The van der Waals surface area contributed by atoms with E-state index in [4.69, 9.17) is 9.84 Å². The number of ether oxygens (including phenoxy) is 1. The highest BCUT2D eigenvalue weighted by Crippen LogP contribution is 2.34. The summed E-state index contributed by atoms with van der Waals surface area (Å²) in [5.74, 6) is -0.214. The second kappa shape index (κ2) is 15.0. The van der Waals surface area contributed by atoms with Crippen LogP contribution in [0.3, 0.4) is 0 Å². The Morgan fingerprint density at radius 2 is 1.86 bits per heavy atom. The van der Waals surface area contributed by atoms with Crippen LogP contribution in [0.1, 0.15) is 61.5 Å². The van der Waals surface area contributed by atoms with E-state index >= 15 is 0 Å². The van der Waals surface area contributed by atoms with Crippen molar-refractivity contribution in [3.05, 3.63) is 53.1 Å². The van der Waals surface area contributed by atoms with Gasteiger partial charge in [-0.3, -0.25) is 9.59 Å². The van der Waals surface area contributed by atoms with Gasteiger partial charge in [-0.2, -0.15) is 0 Å². The molecule has 3 unspecified atom stereocenters. The van der Waals surface area contributed by atoms with Crippen LogP contribution in [0.2, 0.25) is 0 Å². The van der Waals surface area contributed by atoms with Gasteiger partial charge in [-0.1, -0.05) is 31.2 Å². The number of benzene rings is 2. The molecule has 5 N–H and O–H groups in total. The number of aliphatic hydroxyl groups is 2. The van der Waals surface area contributed by atoms with Crippen LogP contribution in [-0.4, -0.2) is 79.7 Å². The topological polar surface area (TPSA) is 123 Å². The fourth-order valence-electron chi connectivity index (χ4n) is 6.27. The van der Waals surface area contributed by atoms with E-state index in [1.807, 2.05) is 32.0 Å². The first-order valence-corrected chi connectivity index (χ1v) is 15.4. The van der Waals surface area contributed by atoms with Gasteiger partial charge in [-0.25, -0.2) is 0 Å². The normalized spacial score (nSPS) is 22.0. The van der Waals surface area contributed by atoms with Gasteiger partial charge in [0.15, 0.2) is 0 Å². The molecule has 0 aliphatic carbocycles. The minimum atomic E-state index is -0.781. The quantitative estimate of drug-likeness (QED) is 0.262. The van der Waals surface area contributed by atoms with E-state index in [2.05, 4.69) is 52.9 Å². The molecule has 2 amide bonds. The second-order valence-electron chi connectivity index (χ2n) is 11.9. The van der Waals surface area contributed by atoms with E-state index in [1.165, 1.54) is 0 Å². The predicted octanol–water partition coefficient (Wildman–Crippen LogP) is 3.00. The van der Waals surface area contributed by atoms with Crippen LogP contribution >= 0.6 is 0 Å². The summed E-state index contributed by atoms with van der Waals surface area (Å²) in [5.41, 5.74) is 5.62. The number of hydrogen-bond acceptors (Lipinski definition) is 7. The first kappa shape index (κ1) is 31.9. The highest BCUT2D eigenvalue weighted by Gasteiger charge is 2.32. The summed E-state index contributed by atoms with van der Waals surface area (Å²) in [6, 6.07) is 12.8.